The van der Waals surface area contributed by atoms with Crippen LogP contribution >= 0.6 is 22.6 Å². The van der Waals surface area contributed by atoms with Crippen LogP contribution in [0.15, 0.2) is 18.3 Å². The third-order valence-corrected chi connectivity index (χ3v) is 3.21. The molecule has 0 spiro atoms. The van der Waals surface area contributed by atoms with Gasteiger partial charge in [-0.15, -0.1) is 0 Å². The molecule has 1 N–H and O–H groups in total. The van der Waals surface area contributed by atoms with Gasteiger partial charge in [0, 0.05) is 16.9 Å². The van der Waals surface area contributed by atoms with Crippen molar-refractivity contribution in [3.8, 4) is 0 Å². The summed E-state index contributed by atoms with van der Waals surface area (Å²) >= 11 is 2.16. The molecule has 0 saturated carbocycles. The van der Waals surface area contributed by atoms with Gasteiger partial charge in [0.05, 0.1) is 0 Å². The van der Waals surface area contributed by atoms with Gasteiger partial charge in [0.15, 0.2) is 0 Å². The molecule has 0 aliphatic carbocycles. The molecule has 1 unspecified atom stereocenters. The number of carbonyl (C=O) groups excluding carboxylic acids is 1. The lowest BCUT2D eigenvalue weighted by atomic mass is 10.0. The lowest BCUT2D eigenvalue weighted by Crippen LogP contribution is -2.41. The molecular formula is C11H15IN2O2. The van der Waals surface area contributed by atoms with Gasteiger partial charge in [-0.25, -0.2) is 4.98 Å². The number of hydrogen-bond donors (Lipinski definition) is 1. The average molecular weight is 334 g/mol. The van der Waals surface area contributed by atoms with Crippen LogP contribution in [-0.4, -0.2) is 23.6 Å². The number of methoxy groups -OCH3 is 1. The number of hydrogen-bond acceptors (Lipinski definition) is 3. The lowest BCUT2D eigenvalue weighted by molar-refractivity contribution is -0.136. The number of aromatic nitrogens is 1. The van der Waals surface area contributed by atoms with Crippen molar-refractivity contribution in [2.45, 2.75) is 25.9 Å². The molecule has 0 radical (unpaired) electrons. The number of nitrogens with one attached hydrogen (secondary N) is 1. The van der Waals surface area contributed by atoms with E-state index in [2.05, 4.69) is 32.9 Å². The first-order valence-corrected chi connectivity index (χ1v) is 6.08. The highest BCUT2D eigenvalue weighted by Crippen LogP contribution is 2.17. The fourth-order valence-electron chi connectivity index (χ4n) is 1.10. The van der Waals surface area contributed by atoms with Crippen LogP contribution in [0.5, 0.6) is 0 Å². The summed E-state index contributed by atoms with van der Waals surface area (Å²) in [5, 5.41) is 2.73. The SMILES string of the molecule is CCC(C)(OC)C(=O)Nc1ccc(I)cn1. The van der Waals surface area contributed by atoms with Crippen LogP contribution in [-0.2, 0) is 9.53 Å². The van der Waals surface area contributed by atoms with Crippen molar-refractivity contribution in [1.29, 1.82) is 0 Å². The quantitative estimate of drug-likeness (QED) is 0.861. The molecular weight excluding hydrogens is 319 g/mol. The Labute approximate surface area is 109 Å². The van der Waals surface area contributed by atoms with E-state index in [-0.39, 0.29) is 5.91 Å². The molecule has 1 atom stereocenters. The number of anilines is 1. The van der Waals surface area contributed by atoms with E-state index in [1.165, 1.54) is 7.11 Å². The smallest absolute Gasteiger partial charge is 0.257 e. The molecule has 0 aliphatic rings. The maximum atomic E-state index is 11.9. The molecule has 0 aromatic carbocycles. The summed E-state index contributed by atoms with van der Waals surface area (Å²) in [6.07, 6.45) is 2.31. The molecule has 16 heavy (non-hydrogen) atoms. The Hall–Kier alpha value is -0.690. The minimum Gasteiger partial charge on any atom is -0.369 e. The molecule has 0 saturated heterocycles. The molecule has 1 amide bonds. The van der Waals surface area contributed by atoms with Crippen molar-refractivity contribution in [1.82, 2.24) is 4.98 Å². The molecule has 5 heteroatoms. The Bertz CT molecular complexity index is 361. The number of carbonyl (C=O) groups is 1. The molecule has 1 rings (SSSR count). The summed E-state index contributed by atoms with van der Waals surface area (Å²) < 4.78 is 6.23. The van der Waals surface area contributed by atoms with E-state index >= 15 is 0 Å². The Balaban J connectivity index is 2.74. The van der Waals surface area contributed by atoms with Gasteiger partial charge in [-0.1, -0.05) is 6.92 Å². The Kier molecular flexibility index (Phi) is 4.67. The van der Waals surface area contributed by atoms with Crippen molar-refractivity contribution >= 4 is 34.3 Å². The first-order valence-electron chi connectivity index (χ1n) is 5.00. The maximum absolute atomic E-state index is 11.9. The maximum Gasteiger partial charge on any atom is 0.257 e. The average Bonchev–Trinajstić information content (AvgIpc) is 2.31. The van der Waals surface area contributed by atoms with E-state index in [4.69, 9.17) is 4.74 Å². The number of pyridine rings is 1. The molecule has 1 heterocycles. The molecule has 0 fully saturated rings. The molecule has 0 bridgehead atoms. The van der Waals surface area contributed by atoms with E-state index in [0.29, 0.717) is 12.2 Å². The topological polar surface area (TPSA) is 51.2 Å². The summed E-state index contributed by atoms with van der Waals surface area (Å²) in [6, 6.07) is 3.66. The standard InChI is InChI=1S/C11H15IN2O2/c1-4-11(2,16-3)10(15)14-9-6-5-8(12)7-13-9/h5-7H,4H2,1-3H3,(H,13,14,15). The predicted octanol–water partition coefficient (Wildman–Crippen LogP) is 2.44. The van der Waals surface area contributed by atoms with Crippen LogP contribution in [0.1, 0.15) is 20.3 Å². The van der Waals surface area contributed by atoms with E-state index in [1.54, 1.807) is 19.2 Å². The van der Waals surface area contributed by atoms with Crippen molar-refractivity contribution in [2.75, 3.05) is 12.4 Å². The molecule has 4 nitrogen and oxygen atoms in total. The van der Waals surface area contributed by atoms with Crippen LogP contribution in [0.2, 0.25) is 0 Å². The summed E-state index contributed by atoms with van der Waals surface area (Å²) in [6.45, 7) is 3.67. The van der Waals surface area contributed by atoms with Gasteiger partial charge < -0.3 is 10.1 Å². The number of nitrogens with zero attached hydrogens (tertiary/aromatic N) is 1. The molecule has 88 valence electrons. The second-order valence-corrected chi connectivity index (χ2v) is 4.85. The summed E-state index contributed by atoms with van der Waals surface area (Å²) in [5.74, 6) is 0.369. The van der Waals surface area contributed by atoms with Crippen LogP contribution in [0.3, 0.4) is 0 Å². The lowest BCUT2D eigenvalue weighted by Gasteiger charge is -2.24. The molecule has 1 aromatic heterocycles. The zero-order valence-electron chi connectivity index (χ0n) is 9.58. The first-order chi connectivity index (χ1) is 7.51. The van der Waals surface area contributed by atoms with Crippen molar-refractivity contribution in [2.24, 2.45) is 0 Å². The van der Waals surface area contributed by atoms with E-state index in [0.717, 1.165) is 3.57 Å². The van der Waals surface area contributed by atoms with Crippen LogP contribution in [0.4, 0.5) is 5.82 Å². The predicted molar refractivity (Wildman–Crippen MR) is 71.3 cm³/mol. The normalized spacial score (nSPS) is 14.2. The van der Waals surface area contributed by atoms with Gasteiger partial charge >= 0.3 is 0 Å². The van der Waals surface area contributed by atoms with Gasteiger partial charge in [0.25, 0.3) is 5.91 Å². The van der Waals surface area contributed by atoms with Gasteiger partial charge in [-0.3, -0.25) is 4.79 Å². The van der Waals surface area contributed by atoms with E-state index in [1.807, 2.05) is 13.0 Å². The van der Waals surface area contributed by atoms with Gasteiger partial charge in [-0.2, -0.15) is 0 Å². The fraction of sp³-hybridized carbons (Fsp3) is 0.455. The van der Waals surface area contributed by atoms with Gasteiger partial charge in [-0.05, 0) is 48.1 Å². The fourth-order valence-corrected chi connectivity index (χ4v) is 1.41. The summed E-state index contributed by atoms with van der Waals surface area (Å²) in [4.78, 5) is 16.0. The van der Waals surface area contributed by atoms with Crippen LogP contribution in [0, 0.1) is 3.57 Å². The Morgan fingerprint density at radius 2 is 2.31 bits per heavy atom. The zero-order valence-corrected chi connectivity index (χ0v) is 11.7. The number of halogens is 1. The third kappa shape index (κ3) is 3.15. The first kappa shape index (κ1) is 13.4. The minimum atomic E-state index is -0.801. The Morgan fingerprint density at radius 3 is 2.75 bits per heavy atom. The monoisotopic (exact) mass is 334 g/mol. The van der Waals surface area contributed by atoms with Gasteiger partial charge in [0.1, 0.15) is 11.4 Å². The van der Waals surface area contributed by atoms with E-state index < -0.39 is 5.60 Å². The second-order valence-electron chi connectivity index (χ2n) is 3.60. The highest BCUT2D eigenvalue weighted by molar-refractivity contribution is 14.1. The van der Waals surface area contributed by atoms with Crippen molar-refractivity contribution in [3.63, 3.8) is 0 Å². The van der Waals surface area contributed by atoms with Crippen molar-refractivity contribution in [3.05, 3.63) is 21.9 Å². The molecule has 0 aliphatic heterocycles. The number of rotatable bonds is 4. The van der Waals surface area contributed by atoms with E-state index in [9.17, 15) is 4.79 Å². The van der Waals surface area contributed by atoms with Crippen LogP contribution < -0.4 is 5.32 Å². The third-order valence-electron chi connectivity index (χ3n) is 2.57. The highest BCUT2D eigenvalue weighted by atomic mass is 127. The molecule has 1 aromatic rings. The number of ether oxygens (including phenoxy) is 1. The van der Waals surface area contributed by atoms with Crippen LogP contribution in [0.25, 0.3) is 0 Å². The van der Waals surface area contributed by atoms with Crippen molar-refractivity contribution < 1.29 is 9.53 Å². The minimum absolute atomic E-state index is 0.175. The highest BCUT2D eigenvalue weighted by Gasteiger charge is 2.31. The summed E-state index contributed by atoms with van der Waals surface area (Å²) in [5.41, 5.74) is -0.801. The number of amides is 1. The zero-order chi connectivity index (χ0) is 12.2. The van der Waals surface area contributed by atoms with Gasteiger partial charge in [0.2, 0.25) is 0 Å². The Morgan fingerprint density at radius 1 is 1.62 bits per heavy atom. The summed E-state index contributed by atoms with van der Waals surface area (Å²) in [7, 11) is 1.53. The largest absolute Gasteiger partial charge is 0.369 e. The second kappa shape index (κ2) is 5.58.